The van der Waals surface area contributed by atoms with Crippen molar-refractivity contribution >= 4 is 0 Å². The summed E-state index contributed by atoms with van der Waals surface area (Å²) in [6.45, 7) is 6.07. The van der Waals surface area contributed by atoms with E-state index in [2.05, 4.69) is 36.3 Å². The number of aryl methyl sites for hydroxylation is 1. The molecule has 0 N–H and O–H groups in total. The summed E-state index contributed by atoms with van der Waals surface area (Å²) in [5, 5.41) is 4.12. The first-order chi connectivity index (χ1) is 9.83. The van der Waals surface area contributed by atoms with Gasteiger partial charge in [0.15, 0.2) is 5.76 Å². The van der Waals surface area contributed by atoms with E-state index >= 15 is 0 Å². The van der Waals surface area contributed by atoms with Gasteiger partial charge in [0.25, 0.3) is 0 Å². The molecule has 1 heterocycles. The first-order valence-electron chi connectivity index (χ1n) is 6.92. The highest BCUT2D eigenvalue weighted by Crippen LogP contribution is 2.25. The van der Waals surface area contributed by atoms with Gasteiger partial charge in [-0.3, -0.25) is 0 Å². The maximum Gasteiger partial charge on any atom is 0.167 e. The van der Waals surface area contributed by atoms with Crippen molar-refractivity contribution in [2.24, 2.45) is 0 Å². The van der Waals surface area contributed by atoms with Crippen molar-refractivity contribution in [3.63, 3.8) is 0 Å². The van der Waals surface area contributed by atoms with Crippen LogP contribution in [-0.2, 0) is 0 Å². The molecule has 0 saturated carbocycles. The zero-order chi connectivity index (χ0) is 14.4. The molecule has 3 aromatic rings. The molecule has 3 rings (SSSR count). The van der Waals surface area contributed by atoms with E-state index in [0.717, 1.165) is 22.6 Å². The Morgan fingerprint density at radius 1 is 0.800 bits per heavy atom. The fourth-order valence-electron chi connectivity index (χ4n) is 1.87. The highest BCUT2D eigenvalue weighted by molar-refractivity contribution is 5.66. The molecule has 0 amide bonds. The standard InChI is InChI=1S/C16H13NO.C2H6/c1-12-7-9-13(10-8-12)15-11-16(18-17-15)14-5-3-2-4-6-14;1-2/h2-11H,1H3;1-2H3. The van der Waals surface area contributed by atoms with Gasteiger partial charge in [-0.1, -0.05) is 79.2 Å². The summed E-state index contributed by atoms with van der Waals surface area (Å²) in [4.78, 5) is 0. The smallest absolute Gasteiger partial charge is 0.167 e. The van der Waals surface area contributed by atoms with E-state index in [9.17, 15) is 0 Å². The van der Waals surface area contributed by atoms with Crippen LogP contribution < -0.4 is 0 Å². The van der Waals surface area contributed by atoms with Gasteiger partial charge in [-0.2, -0.15) is 0 Å². The lowest BCUT2D eigenvalue weighted by atomic mass is 10.1. The summed E-state index contributed by atoms with van der Waals surface area (Å²) in [6, 6.07) is 20.2. The summed E-state index contributed by atoms with van der Waals surface area (Å²) >= 11 is 0. The number of benzene rings is 2. The van der Waals surface area contributed by atoms with Gasteiger partial charge in [0, 0.05) is 17.2 Å². The Hall–Kier alpha value is -2.35. The van der Waals surface area contributed by atoms with Crippen molar-refractivity contribution in [2.75, 3.05) is 0 Å². The number of nitrogens with zero attached hydrogens (tertiary/aromatic N) is 1. The minimum absolute atomic E-state index is 0.797. The van der Waals surface area contributed by atoms with Gasteiger partial charge < -0.3 is 4.52 Å². The normalized spacial score (nSPS) is 9.75. The first-order valence-corrected chi connectivity index (χ1v) is 6.92. The largest absolute Gasteiger partial charge is 0.356 e. The number of hydrogen-bond acceptors (Lipinski definition) is 2. The Bertz CT molecular complexity index is 639. The Kier molecular flexibility index (Phi) is 4.72. The Morgan fingerprint density at radius 3 is 2.10 bits per heavy atom. The predicted octanol–water partition coefficient (Wildman–Crippen LogP) is 5.34. The van der Waals surface area contributed by atoms with Crippen molar-refractivity contribution in [3.8, 4) is 22.6 Å². The molecule has 0 saturated heterocycles. The van der Waals surface area contributed by atoms with Crippen LogP contribution in [0, 0.1) is 6.92 Å². The molecule has 102 valence electrons. The van der Waals surface area contributed by atoms with Crippen molar-refractivity contribution in [1.29, 1.82) is 0 Å². The molecule has 0 unspecified atom stereocenters. The molecule has 20 heavy (non-hydrogen) atoms. The van der Waals surface area contributed by atoms with Gasteiger partial charge in [-0.05, 0) is 6.92 Å². The third-order valence-electron chi connectivity index (χ3n) is 2.92. The average Bonchev–Trinajstić information content (AvgIpc) is 3.01. The quantitative estimate of drug-likeness (QED) is 0.624. The predicted molar refractivity (Wildman–Crippen MR) is 83.5 cm³/mol. The van der Waals surface area contributed by atoms with Gasteiger partial charge >= 0.3 is 0 Å². The summed E-state index contributed by atoms with van der Waals surface area (Å²) in [6.07, 6.45) is 0. The van der Waals surface area contributed by atoms with Crippen LogP contribution in [0.15, 0.2) is 65.2 Å². The summed E-state index contributed by atoms with van der Waals surface area (Å²) < 4.78 is 5.39. The Labute approximate surface area is 120 Å². The molecule has 0 aliphatic carbocycles. The fraction of sp³-hybridized carbons (Fsp3) is 0.167. The minimum Gasteiger partial charge on any atom is -0.356 e. The van der Waals surface area contributed by atoms with Gasteiger partial charge in [-0.15, -0.1) is 0 Å². The molecular formula is C18H19NO. The second-order valence-corrected chi connectivity index (χ2v) is 4.31. The van der Waals surface area contributed by atoms with Crippen LogP contribution >= 0.6 is 0 Å². The lowest BCUT2D eigenvalue weighted by Gasteiger charge is -1.95. The monoisotopic (exact) mass is 265 g/mol. The van der Waals surface area contributed by atoms with E-state index < -0.39 is 0 Å². The Balaban J connectivity index is 0.000000704. The summed E-state index contributed by atoms with van der Waals surface area (Å²) in [7, 11) is 0. The molecule has 2 nitrogen and oxygen atoms in total. The van der Waals surface area contributed by atoms with Crippen LogP contribution in [0.3, 0.4) is 0 Å². The molecule has 0 spiro atoms. The van der Waals surface area contributed by atoms with E-state index in [1.54, 1.807) is 0 Å². The molecule has 0 aliphatic heterocycles. The molecule has 0 radical (unpaired) electrons. The van der Waals surface area contributed by atoms with Gasteiger partial charge in [-0.25, -0.2) is 0 Å². The molecular weight excluding hydrogens is 246 g/mol. The number of hydrogen-bond donors (Lipinski definition) is 0. The molecule has 0 atom stereocenters. The summed E-state index contributed by atoms with van der Waals surface area (Å²) in [5.74, 6) is 0.797. The van der Waals surface area contributed by atoms with Crippen LogP contribution in [0.5, 0.6) is 0 Å². The lowest BCUT2D eigenvalue weighted by molar-refractivity contribution is 0.435. The minimum atomic E-state index is 0.797. The number of aromatic nitrogens is 1. The molecule has 0 aliphatic rings. The SMILES string of the molecule is CC.Cc1ccc(-c2cc(-c3ccccc3)on2)cc1. The molecule has 0 fully saturated rings. The number of rotatable bonds is 2. The zero-order valence-corrected chi connectivity index (χ0v) is 12.1. The van der Waals surface area contributed by atoms with Gasteiger partial charge in [0.05, 0.1) is 0 Å². The molecule has 2 aromatic carbocycles. The summed E-state index contributed by atoms with van der Waals surface area (Å²) in [5.41, 5.74) is 4.23. The van der Waals surface area contributed by atoms with Gasteiger partial charge in [0.2, 0.25) is 0 Å². The van der Waals surface area contributed by atoms with E-state index in [1.165, 1.54) is 5.56 Å². The Morgan fingerprint density at radius 2 is 1.45 bits per heavy atom. The maximum atomic E-state index is 5.39. The second-order valence-electron chi connectivity index (χ2n) is 4.31. The third kappa shape index (κ3) is 3.15. The average molecular weight is 265 g/mol. The van der Waals surface area contributed by atoms with Crippen molar-refractivity contribution in [1.82, 2.24) is 5.16 Å². The van der Waals surface area contributed by atoms with Crippen LogP contribution in [0.2, 0.25) is 0 Å². The van der Waals surface area contributed by atoms with Crippen molar-refractivity contribution < 1.29 is 4.52 Å². The molecule has 2 heteroatoms. The molecule has 1 aromatic heterocycles. The fourth-order valence-corrected chi connectivity index (χ4v) is 1.87. The van der Waals surface area contributed by atoms with E-state index in [-0.39, 0.29) is 0 Å². The van der Waals surface area contributed by atoms with E-state index in [0.29, 0.717) is 0 Å². The lowest BCUT2D eigenvalue weighted by Crippen LogP contribution is -1.77. The first kappa shape index (κ1) is 14.1. The highest BCUT2D eigenvalue weighted by Gasteiger charge is 2.07. The highest BCUT2D eigenvalue weighted by atomic mass is 16.5. The van der Waals surface area contributed by atoms with Crippen molar-refractivity contribution in [2.45, 2.75) is 20.8 Å². The topological polar surface area (TPSA) is 26.0 Å². The van der Waals surface area contributed by atoms with Crippen molar-refractivity contribution in [3.05, 3.63) is 66.2 Å². The van der Waals surface area contributed by atoms with Crippen LogP contribution in [0.1, 0.15) is 19.4 Å². The second kappa shape index (κ2) is 6.71. The zero-order valence-electron chi connectivity index (χ0n) is 12.1. The maximum absolute atomic E-state index is 5.39. The van der Waals surface area contributed by atoms with E-state index in [4.69, 9.17) is 4.52 Å². The van der Waals surface area contributed by atoms with E-state index in [1.807, 2.05) is 50.2 Å². The third-order valence-corrected chi connectivity index (χ3v) is 2.92. The van der Waals surface area contributed by atoms with Gasteiger partial charge in [0.1, 0.15) is 5.69 Å². The van der Waals surface area contributed by atoms with Crippen LogP contribution in [-0.4, -0.2) is 5.16 Å². The van der Waals surface area contributed by atoms with Crippen LogP contribution in [0.25, 0.3) is 22.6 Å². The van der Waals surface area contributed by atoms with Crippen LogP contribution in [0.4, 0.5) is 0 Å². The molecule has 0 bridgehead atoms.